The van der Waals surface area contributed by atoms with Gasteiger partial charge in [-0.3, -0.25) is 13.9 Å². The van der Waals surface area contributed by atoms with Gasteiger partial charge in [0, 0.05) is 12.6 Å². The van der Waals surface area contributed by atoms with Gasteiger partial charge in [0.25, 0.3) is 10.0 Å². The van der Waals surface area contributed by atoms with E-state index in [1.807, 2.05) is 52.8 Å². The molecule has 0 heterocycles. The summed E-state index contributed by atoms with van der Waals surface area (Å²) < 4.78 is 34.5. The van der Waals surface area contributed by atoms with Gasteiger partial charge in [0.05, 0.1) is 17.7 Å². The SMILES string of the molecule is CC[C@@H](C)NC(=O)[C@@H](C)N(Cc1cccc(OC)c1)C(=O)CN(c1cc(C)cc(C)c1)S(=O)(=O)c1ccc(C)cc1. The summed E-state index contributed by atoms with van der Waals surface area (Å²) in [4.78, 5) is 28.8. The van der Waals surface area contributed by atoms with Gasteiger partial charge in [0.1, 0.15) is 18.3 Å². The summed E-state index contributed by atoms with van der Waals surface area (Å²) in [7, 11) is -2.56. The zero-order chi connectivity index (χ0) is 30.3. The second-order valence-electron chi connectivity index (χ2n) is 10.5. The summed E-state index contributed by atoms with van der Waals surface area (Å²) in [5.41, 5.74) is 3.79. The lowest BCUT2D eigenvalue weighted by Crippen LogP contribution is -2.52. The van der Waals surface area contributed by atoms with E-state index in [9.17, 15) is 18.0 Å². The summed E-state index contributed by atoms with van der Waals surface area (Å²) in [6.45, 7) is 10.8. The van der Waals surface area contributed by atoms with Gasteiger partial charge in [0.15, 0.2) is 0 Å². The number of hydrogen-bond acceptors (Lipinski definition) is 5. The lowest BCUT2D eigenvalue weighted by Gasteiger charge is -2.32. The van der Waals surface area contributed by atoms with E-state index in [4.69, 9.17) is 4.74 Å². The first kappa shape index (κ1) is 31.7. The van der Waals surface area contributed by atoms with Crippen molar-refractivity contribution in [1.82, 2.24) is 10.2 Å². The number of carbonyl (C=O) groups excluding carboxylic acids is 2. The van der Waals surface area contributed by atoms with E-state index in [-0.39, 0.29) is 23.4 Å². The van der Waals surface area contributed by atoms with Crippen molar-refractivity contribution in [3.8, 4) is 5.75 Å². The predicted octanol–water partition coefficient (Wildman–Crippen LogP) is 5.15. The predicted molar refractivity (Wildman–Crippen MR) is 163 cm³/mol. The van der Waals surface area contributed by atoms with Crippen LogP contribution in [-0.2, 0) is 26.2 Å². The number of ether oxygens (including phenoxy) is 1. The molecule has 0 aliphatic rings. The van der Waals surface area contributed by atoms with Crippen LogP contribution in [0.4, 0.5) is 5.69 Å². The smallest absolute Gasteiger partial charge is 0.264 e. The Hall–Kier alpha value is -3.85. The quantitative estimate of drug-likeness (QED) is 0.320. The van der Waals surface area contributed by atoms with Crippen LogP contribution in [0.15, 0.2) is 71.6 Å². The van der Waals surface area contributed by atoms with Crippen LogP contribution >= 0.6 is 0 Å². The van der Waals surface area contributed by atoms with E-state index in [2.05, 4.69) is 5.32 Å². The summed E-state index contributed by atoms with van der Waals surface area (Å²) in [6, 6.07) is 18.3. The molecule has 0 fully saturated rings. The molecule has 2 amide bonds. The third-order valence-corrected chi connectivity index (χ3v) is 8.83. The highest BCUT2D eigenvalue weighted by atomic mass is 32.2. The van der Waals surface area contributed by atoms with Crippen molar-refractivity contribution in [1.29, 1.82) is 0 Å². The van der Waals surface area contributed by atoms with Crippen LogP contribution in [0.2, 0.25) is 0 Å². The van der Waals surface area contributed by atoms with Crippen molar-refractivity contribution in [3.63, 3.8) is 0 Å². The van der Waals surface area contributed by atoms with Crippen molar-refractivity contribution in [2.45, 2.75) is 71.5 Å². The number of rotatable bonds is 12. The van der Waals surface area contributed by atoms with Crippen molar-refractivity contribution in [2.24, 2.45) is 0 Å². The first-order valence-corrected chi connectivity index (χ1v) is 15.2. The molecule has 0 unspecified atom stereocenters. The fourth-order valence-electron chi connectivity index (χ4n) is 4.48. The Morgan fingerprint density at radius 1 is 0.902 bits per heavy atom. The number of nitrogens with one attached hydrogen (secondary N) is 1. The van der Waals surface area contributed by atoms with Gasteiger partial charge in [-0.25, -0.2) is 8.42 Å². The van der Waals surface area contributed by atoms with Gasteiger partial charge < -0.3 is 15.0 Å². The molecule has 0 radical (unpaired) electrons. The molecule has 3 aromatic rings. The van der Waals surface area contributed by atoms with Gasteiger partial charge in [0.2, 0.25) is 11.8 Å². The Labute approximate surface area is 244 Å². The van der Waals surface area contributed by atoms with Crippen LogP contribution in [0, 0.1) is 20.8 Å². The average Bonchev–Trinajstić information content (AvgIpc) is 2.93. The Balaban J connectivity index is 2.07. The normalized spacial score (nSPS) is 12.8. The monoisotopic (exact) mass is 579 g/mol. The summed E-state index contributed by atoms with van der Waals surface area (Å²) in [5, 5.41) is 2.94. The van der Waals surface area contributed by atoms with E-state index in [1.54, 1.807) is 62.6 Å². The summed E-state index contributed by atoms with van der Waals surface area (Å²) >= 11 is 0. The first-order valence-electron chi connectivity index (χ1n) is 13.8. The Morgan fingerprint density at radius 3 is 2.12 bits per heavy atom. The number of methoxy groups -OCH3 is 1. The fraction of sp³-hybridized carbons (Fsp3) is 0.375. The molecule has 1 N–H and O–H groups in total. The molecule has 3 rings (SSSR count). The molecule has 2 atom stereocenters. The molecular formula is C32H41N3O5S. The lowest BCUT2D eigenvalue weighted by molar-refractivity contribution is -0.139. The van der Waals surface area contributed by atoms with E-state index in [0.717, 1.165) is 33.0 Å². The van der Waals surface area contributed by atoms with Gasteiger partial charge in [-0.15, -0.1) is 0 Å². The number of sulfonamides is 1. The highest BCUT2D eigenvalue weighted by molar-refractivity contribution is 7.92. The lowest BCUT2D eigenvalue weighted by atomic mass is 10.1. The summed E-state index contributed by atoms with van der Waals surface area (Å²) in [6.07, 6.45) is 0.734. The maximum Gasteiger partial charge on any atom is 0.264 e. The fourth-order valence-corrected chi connectivity index (χ4v) is 5.87. The Kier molecular flexibility index (Phi) is 10.6. The van der Waals surface area contributed by atoms with E-state index >= 15 is 0 Å². The molecule has 0 saturated heterocycles. The molecule has 3 aromatic carbocycles. The molecule has 0 aliphatic carbocycles. The third kappa shape index (κ3) is 8.10. The number of aryl methyl sites for hydroxylation is 3. The minimum Gasteiger partial charge on any atom is -0.497 e. The Morgan fingerprint density at radius 2 is 1.54 bits per heavy atom. The maximum absolute atomic E-state index is 14.1. The van der Waals surface area contributed by atoms with Crippen LogP contribution in [0.25, 0.3) is 0 Å². The minimum absolute atomic E-state index is 0.0765. The van der Waals surface area contributed by atoms with Gasteiger partial charge in [-0.05, 0) is 94.1 Å². The molecule has 9 heteroatoms. The first-order chi connectivity index (χ1) is 19.3. The highest BCUT2D eigenvalue weighted by Gasteiger charge is 2.33. The second kappa shape index (κ2) is 13.7. The average molecular weight is 580 g/mol. The largest absolute Gasteiger partial charge is 0.497 e. The van der Waals surface area contributed by atoms with E-state index < -0.39 is 28.5 Å². The van der Waals surface area contributed by atoms with Crippen LogP contribution < -0.4 is 14.4 Å². The highest BCUT2D eigenvalue weighted by Crippen LogP contribution is 2.27. The molecule has 0 bridgehead atoms. The van der Waals surface area contributed by atoms with Gasteiger partial charge >= 0.3 is 0 Å². The molecule has 0 aromatic heterocycles. The number of hydrogen-bond donors (Lipinski definition) is 1. The molecule has 0 spiro atoms. The topological polar surface area (TPSA) is 96.0 Å². The van der Waals surface area contributed by atoms with Crippen LogP contribution in [0.5, 0.6) is 5.75 Å². The second-order valence-corrected chi connectivity index (χ2v) is 12.4. The third-order valence-electron chi connectivity index (χ3n) is 7.04. The number of anilines is 1. The molecular weight excluding hydrogens is 538 g/mol. The zero-order valence-corrected chi connectivity index (χ0v) is 25.8. The van der Waals surface area contributed by atoms with Crippen molar-refractivity contribution < 1.29 is 22.7 Å². The Bertz CT molecular complexity index is 1450. The zero-order valence-electron chi connectivity index (χ0n) is 25.0. The molecule has 0 saturated carbocycles. The van der Waals surface area contributed by atoms with Gasteiger partial charge in [-0.1, -0.05) is 42.8 Å². The van der Waals surface area contributed by atoms with Gasteiger partial charge in [-0.2, -0.15) is 0 Å². The standard InChI is InChI=1S/C32H41N3O5S/c1-8-25(5)33-32(37)26(6)34(20-27-10-9-11-29(19-27)40-7)31(36)21-35(28-17-23(3)16-24(4)18-28)41(38,39)30-14-12-22(2)13-15-30/h9-19,25-26H,8,20-21H2,1-7H3,(H,33,37)/t25-,26-/m1/s1. The number of benzene rings is 3. The molecule has 8 nitrogen and oxygen atoms in total. The molecule has 41 heavy (non-hydrogen) atoms. The van der Waals surface area contributed by atoms with Crippen molar-refractivity contribution in [3.05, 3.63) is 89.0 Å². The molecule has 0 aliphatic heterocycles. The van der Waals surface area contributed by atoms with Crippen molar-refractivity contribution in [2.75, 3.05) is 18.0 Å². The number of nitrogens with zero attached hydrogens (tertiary/aromatic N) is 2. The number of carbonyl (C=O) groups is 2. The number of amides is 2. The van der Waals surface area contributed by atoms with Crippen LogP contribution in [0.3, 0.4) is 0 Å². The van der Waals surface area contributed by atoms with Crippen molar-refractivity contribution >= 4 is 27.5 Å². The van der Waals surface area contributed by atoms with Crippen LogP contribution in [0.1, 0.15) is 49.4 Å². The molecule has 220 valence electrons. The minimum atomic E-state index is -4.12. The van der Waals surface area contributed by atoms with E-state index in [0.29, 0.717) is 11.4 Å². The van der Waals surface area contributed by atoms with E-state index in [1.165, 1.54) is 4.90 Å². The van der Waals surface area contributed by atoms with Crippen LogP contribution in [-0.4, -0.2) is 50.9 Å². The maximum atomic E-state index is 14.1. The summed E-state index contributed by atoms with van der Waals surface area (Å²) in [5.74, 6) is -0.199.